The van der Waals surface area contributed by atoms with E-state index in [1.54, 1.807) is 24.3 Å². The molecule has 0 saturated carbocycles. The van der Waals surface area contributed by atoms with Crippen LogP contribution in [-0.2, 0) is 0 Å². The van der Waals surface area contributed by atoms with E-state index in [1.165, 1.54) is 6.20 Å². The molecule has 6 heteroatoms. The lowest BCUT2D eigenvalue weighted by Gasteiger charge is -2.08. The van der Waals surface area contributed by atoms with E-state index < -0.39 is 0 Å². The van der Waals surface area contributed by atoms with Gasteiger partial charge >= 0.3 is 0 Å². The highest BCUT2D eigenvalue weighted by atomic mass is 79.9. The first-order chi connectivity index (χ1) is 8.97. The number of nitrogens with zero attached hydrogens (tertiary/aromatic N) is 1. The zero-order valence-corrected chi connectivity index (χ0v) is 13.0. The number of pyridine rings is 1. The van der Waals surface area contributed by atoms with Gasteiger partial charge in [-0.2, -0.15) is 0 Å². The molecule has 1 aromatic heterocycles. The van der Waals surface area contributed by atoms with Crippen molar-refractivity contribution in [2.75, 3.05) is 5.32 Å². The predicted octanol–water partition coefficient (Wildman–Crippen LogP) is 4.71. The Morgan fingerprint density at radius 2 is 2.05 bits per heavy atom. The molecule has 0 unspecified atom stereocenters. The standard InChI is InChI=1S/C13H9BrCl2N2O/c1-7-2-3-8(4-10(7)16)13(19)18-11-5-9(15)6-17-12(11)14/h2-6H,1H3,(H,18,19). The molecular formula is C13H9BrCl2N2O. The summed E-state index contributed by atoms with van der Waals surface area (Å²) in [6, 6.07) is 6.75. The first kappa shape index (κ1) is 14.3. The highest BCUT2D eigenvalue weighted by Gasteiger charge is 2.10. The van der Waals surface area contributed by atoms with Crippen molar-refractivity contribution in [3.63, 3.8) is 0 Å². The van der Waals surface area contributed by atoms with Crippen molar-refractivity contribution in [1.82, 2.24) is 4.98 Å². The fraction of sp³-hybridized carbons (Fsp3) is 0.0769. The normalized spacial score (nSPS) is 10.3. The molecule has 2 rings (SSSR count). The lowest BCUT2D eigenvalue weighted by Crippen LogP contribution is -2.12. The monoisotopic (exact) mass is 358 g/mol. The summed E-state index contributed by atoms with van der Waals surface area (Å²) in [6.07, 6.45) is 1.49. The van der Waals surface area contributed by atoms with Crippen LogP contribution in [0.4, 0.5) is 5.69 Å². The minimum atomic E-state index is -0.272. The average Bonchev–Trinajstić information content (AvgIpc) is 2.37. The minimum absolute atomic E-state index is 0.272. The first-order valence-corrected chi connectivity index (χ1v) is 6.91. The fourth-order valence-corrected chi connectivity index (χ4v) is 2.09. The van der Waals surface area contributed by atoms with Gasteiger partial charge in [-0.15, -0.1) is 0 Å². The number of aryl methyl sites for hydroxylation is 1. The van der Waals surface area contributed by atoms with Crippen molar-refractivity contribution in [1.29, 1.82) is 0 Å². The zero-order chi connectivity index (χ0) is 14.0. The lowest BCUT2D eigenvalue weighted by molar-refractivity contribution is 0.102. The number of carbonyl (C=O) groups is 1. The number of carbonyl (C=O) groups excluding carboxylic acids is 1. The molecule has 1 N–H and O–H groups in total. The molecule has 0 aliphatic heterocycles. The number of amides is 1. The van der Waals surface area contributed by atoms with Crippen LogP contribution in [0.1, 0.15) is 15.9 Å². The second-order valence-corrected chi connectivity index (χ2v) is 5.50. The molecule has 1 aromatic carbocycles. The Morgan fingerprint density at radius 3 is 2.74 bits per heavy atom. The molecule has 0 aliphatic carbocycles. The second-order valence-electron chi connectivity index (χ2n) is 3.91. The van der Waals surface area contributed by atoms with Crippen LogP contribution < -0.4 is 5.32 Å². The van der Waals surface area contributed by atoms with Crippen LogP contribution in [0.2, 0.25) is 10.0 Å². The topological polar surface area (TPSA) is 42.0 Å². The van der Waals surface area contributed by atoms with Gasteiger partial charge < -0.3 is 5.32 Å². The van der Waals surface area contributed by atoms with E-state index in [0.717, 1.165) is 5.56 Å². The van der Waals surface area contributed by atoms with Crippen molar-refractivity contribution in [2.45, 2.75) is 6.92 Å². The molecule has 0 fully saturated rings. The first-order valence-electron chi connectivity index (χ1n) is 5.36. The highest BCUT2D eigenvalue weighted by molar-refractivity contribution is 9.10. The molecule has 3 nitrogen and oxygen atoms in total. The summed E-state index contributed by atoms with van der Waals surface area (Å²) in [7, 11) is 0. The van der Waals surface area contributed by atoms with Gasteiger partial charge in [-0.3, -0.25) is 4.79 Å². The Balaban J connectivity index is 2.25. The average molecular weight is 360 g/mol. The number of rotatable bonds is 2. The van der Waals surface area contributed by atoms with Gasteiger partial charge in [0.25, 0.3) is 5.91 Å². The molecular weight excluding hydrogens is 351 g/mol. The van der Waals surface area contributed by atoms with E-state index in [-0.39, 0.29) is 5.91 Å². The summed E-state index contributed by atoms with van der Waals surface area (Å²) < 4.78 is 0.517. The Hall–Kier alpha value is -1.10. The number of halogens is 3. The van der Waals surface area contributed by atoms with Gasteiger partial charge in [0.1, 0.15) is 4.60 Å². The van der Waals surface area contributed by atoms with Crippen LogP contribution in [0.25, 0.3) is 0 Å². The molecule has 98 valence electrons. The van der Waals surface area contributed by atoms with Gasteiger partial charge in [0.2, 0.25) is 0 Å². The summed E-state index contributed by atoms with van der Waals surface area (Å²) in [5.41, 5.74) is 1.90. The molecule has 0 spiro atoms. The maximum absolute atomic E-state index is 12.1. The zero-order valence-electron chi connectivity index (χ0n) is 9.88. The molecule has 0 radical (unpaired) electrons. The van der Waals surface area contributed by atoms with Crippen LogP contribution in [0, 0.1) is 6.92 Å². The van der Waals surface area contributed by atoms with Crippen LogP contribution >= 0.6 is 39.1 Å². The quantitative estimate of drug-likeness (QED) is 0.789. The Labute approximate surface area is 129 Å². The van der Waals surface area contributed by atoms with E-state index in [9.17, 15) is 4.79 Å². The third kappa shape index (κ3) is 3.47. The van der Waals surface area contributed by atoms with Crippen molar-refractivity contribution in [3.8, 4) is 0 Å². The SMILES string of the molecule is Cc1ccc(C(=O)Nc2cc(Cl)cnc2Br)cc1Cl. The van der Waals surface area contributed by atoms with Crippen LogP contribution in [0.3, 0.4) is 0 Å². The molecule has 1 amide bonds. The van der Waals surface area contributed by atoms with Gasteiger partial charge in [0, 0.05) is 16.8 Å². The number of nitrogens with one attached hydrogen (secondary N) is 1. The van der Waals surface area contributed by atoms with E-state index >= 15 is 0 Å². The van der Waals surface area contributed by atoms with Crippen molar-refractivity contribution < 1.29 is 4.79 Å². The number of aromatic nitrogens is 1. The second kappa shape index (κ2) is 5.90. The molecule has 0 bridgehead atoms. The smallest absolute Gasteiger partial charge is 0.255 e. The predicted molar refractivity (Wildman–Crippen MR) is 81.1 cm³/mol. The van der Waals surface area contributed by atoms with E-state index in [2.05, 4.69) is 26.2 Å². The maximum atomic E-state index is 12.1. The summed E-state index contributed by atoms with van der Waals surface area (Å²) in [4.78, 5) is 16.1. The Morgan fingerprint density at radius 1 is 1.32 bits per heavy atom. The van der Waals surface area contributed by atoms with Gasteiger partial charge in [-0.25, -0.2) is 4.98 Å². The molecule has 0 saturated heterocycles. The van der Waals surface area contributed by atoms with Crippen LogP contribution in [-0.4, -0.2) is 10.9 Å². The number of hydrogen-bond acceptors (Lipinski definition) is 2. The number of anilines is 1. The molecule has 0 atom stereocenters. The van der Waals surface area contributed by atoms with Gasteiger partial charge in [-0.05, 0) is 46.6 Å². The molecule has 1 heterocycles. The molecule has 0 aliphatic rings. The van der Waals surface area contributed by atoms with Gasteiger partial charge in [0.15, 0.2) is 0 Å². The maximum Gasteiger partial charge on any atom is 0.255 e. The van der Waals surface area contributed by atoms with E-state index in [1.807, 2.05) is 6.92 Å². The highest BCUT2D eigenvalue weighted by Crippen LogP contribution is 2.24. The summed E-state index contributed by atoms with van der Waals surface area (Å²) >= 11 is 15.1. The van der Waals surface area contributed by atoms with Crippen molar-refractivity contribution >= 4 is 50.7 Å². The fourth-order valence-electron chi connectivity index (χ4n) is 1.44. The van der Waals surface area contributed by atoms with Crippen LogP contribution in [0.15, 0.2) is 35.1 Å². The van der Waals surface area contributed by atoms with E-state index in [0.29, 0.717) is 25.9 Å². The van der Waals surface area contributed by atoms with E-state index in [4.69, 9.17) is 23.2 Å². The minimum Gasteiger partial charge on any atom is -0.320 e. The van der Waals surface area contributed by atoms with Crippen LogP contribution in [0.5, 0.6) is 0 Å². The summed E-state index contributed by atoms with van der Waals surface area (Å²) in [6.45, 7) is 1.88. The Kier molecular flexibility index (Phi) is 4.45. The van der Waals surface area contributed by atoms with Crippen molar-refractivity contribution in [2.24, 2.45) is 0 Å². The largest absolute Gasteiger partial charge is 0.320 e. The number of benzene rings is 1. The summed E-state index contributed by atoms with van der Waals surface area (Å²) in [5, 5.41) is 3.72. The molecule has 2 aromatic rings. The summed E-state index contributed by atoms with van der Waals surface area (Å²) in [5.74, 6) is -0.272. The lowest BCUT2D eigenvalue weighted by atomic mass is 10.1. The molecule has 19 heavy (non-hydrogen) atoms. The van der Waals surface area contributed by atoms with Crippen molar-refractivity contribution in [3.05, 3.63) is 56.2 Å². The number of hydrogen-bond donors (Lipinski definition) is 1. The third-order valence-corrected chi connectivity index (χ3v) is 3.73. The third-order valence-electron chi connectivity index (χ3n) is 2.49. The van der Waals surface area contributed by atoms with Gasteiger partial charge in [0.05, 0.1) is 10.7 Å². The Bertz CT molecular complexity index is 647. The van der Waals surface area contributed by atoms with Gasteiger partial charge in [-0.1, -0.05) is 29.3 Å².